The summed E-state index contributed by atoms with van der Waals surface area (Å²) in [6, 6.07) is 0.608. The molecular weight excluding hydrogens is 188 g/mol. The van der Waals surface area contributed by atoms with Crippen LogP contribution >= 0.6 is 0 Å². The molecular formula is C11H20N4. The maximum atomic E-state index is 4.12. The molecule has 0 saturated heterocycles. The van der Waals surface area contributed by atoms with Gasteiger partial charge in [0.05, 0.1) is 6.54 Å². The molecule has 84 valence electrons. The summed E-state index contributed by atoms with van der Waals surface area (Å²) >= 11 is 0. The smallest absolute Gasteiger partial charge is 0.138 e. The van der Waals surface area contributed by atoms with E-state index in [0.717, 1.165) is 12.4 Å². The lowest BCUT2D eigenvalue weighted by Crippen LogP contribution is -2.43. The molecule has 1 fully saturated rings. The molecule has 1 unspecified atom stereocenters. The molecule has 1 aliphatic carbocycles. The predicted octanol–water partition coefficient (Wildman–Crippen LogP) is 1.86. The highest BCUT2D eigenvalue weighted by Crippen LogP contribution is 2.35. The van der Waals surface area contributed by atoms with Crippen LogP contribution in [0, 0.1) is 5.41 Å². The van der Waals surface area contributed by atoms with Gasteiger partial charge in [-0.25, -0.2) is 4.98 Å². The van der Waals surface area contributed by atoms with Crippen LogP contribution in [0.3, 0.4) is 0 Å². The predicted molar refractivity (Wildman–Crippen MR) is 59.3 cm³/mol. The highest BCUT2D eigenvalue weighted by Gasteiger charge is 2.31. The summed E-state index contributed by atoms with van der Waals surface area (Å²) in [4.78, 5) is 4.12. The zero-order valence-electron chi connectivity index (χ0n) is 9.58. The first kappa shape index (κ1) is 10.6. The molecule has 15 heavy (non-hydrogen) atoms. The number of nitrogens with zero attached hydrogens (tertiary/aromatic N) is 2. The van der Waals surface area contributed by atoms with Crippen molar-refractivity contribution in [3.63, 3.8) is 0 Å². The molecule has 1 saturated carbocycles. The van der Waals surface area contributed by atoms with Crippen LogP contribution in [-0.2, 0) is 6.54 Å². The van der Waals surface area contributed by atoms with Crippen molar-refractivity contribution < 1.29 is 0 Å². The minimum absolute atomic E-state index is 0.415. The molecule has 0 aliphatic heterocycles. The number of rotatable bonds is 3. The van der Waals surface area contributed by atoms with Gasteiger partial charge in [0.15, 0.2) is 0 Å². The Labute approximate surface area is 90.9 Å². The number of aromatic amines is 1. The van der Waals surface area contributed by atoms with Crippen LogP contribution in [-0.4, -0.2) is 21.2 Å². The van der Waals surface area contributed by atoms with Crippen molar-refractivity contribution in [3.8, 4) is 0 Å². The molecule has 0 spiro atoms. The average molecular weight is 208 g/mol. The van der Waals surface area contributed by atoms with Crippen molar-refractivity contribution >= 4 is 0 Å². The SMILES string of the molecule is CC1(C)CCCCC1NCc1ncn[nH]1. The molecule has 0 radical (unpaired) electrons. The number of nitrogens with one attached hydrogen (secondary N) is 2. The third-order valence-electron chi connectivity index (χ3n) is 3.49. The second-order valence-electron chi connectivity index (χ2n) is 5.10. The van der Waals surface area contributed by atoms with E-state index >= 15 is 0 Å². The Hall–Kier alpha value is -0.900. The second-order valence-corrected chi connectivity index (χ2v) is 5.10. The summed E-state index contributed by atoms with van der Waals surface area (Å²) in [7, 11) is 0. The Bertz CT molecular complexity index is 292. The van der Waals surface area contributed by atoms with Gasteiger partial charge in [-0.2, -0.15) is 5.10 Å². The Balaban J connectivity index is 1.88. The van der Waals surface area contributed by atoms with Crippen molar-refractivity contribution in [2.24, 2.45) is 5.41 Å². The van der Waals surface area contributed by atoms with Gasteiger partial charge in [-0.3, -0.25) is 5.10 Å². The minimum atomic E-state index is 0.415. The molecule has 1 aromatic rings. The van der Waals surface area contributed by atoms with E-state index in [1.807, 2.05) is 0 Å². The van der Waals surface area contributed by atoms with Gasteiger partial charge in [-0.15, -0.1) is 0 Å². The topological polar surface area (TPSA) is 53.6 Å². The van der Waals surface area contributed by atoms with Gasteiger partial charge in [0.2, 0.25) is 0 Å². The molecule has 1 aliphatic rings. The van der Waals surface area contributed by atoms with Gasteiger partial charge in [0.25, 0.3) is 0 Å². The lowest BCUT2D eigenvalue weighted by atomic mass is 9.73. The van der Waals surface area contributed by atoms with Crippen LogP contribution in [0.1, 0.15) is 45.4 Å². The molecule has 1 heterocycles. The van der Waals surface area contributed by atoms with E-state index in [1.165, 1.54) is 25.7 Å². The monoisotopic (exact) mass is 208 g/mol. The van der Waals surface area contributed by atoms with E-state index in [9.17, 15) is 0 Å². The summed E-state index contributed by atoms with van der Waals surface area (Å²) in [5.74, 6) is 0.927. The number of hydrogen-bond donors (Lipinski definition) is 2. The van der Waals surface area contributed by atoms with E-state index in [2.05, 4.69) is 34.3 Å². The normalized spacial score (nSPS) is 25.3. The van der Waals surface area contributed by atoms with Crippen molar-refractivity contribution in [3.05, 3.63) is 12.2 Å². The van der Waals surface area contributed by atoms with Gasteiger partial charge in [0.1, 0.15) is 12.2 Å². The summed E-state index contributed by atoms with van der Waals surface area (Å²) < 4.78 is 0. The van der Waals surface area contributed by atoms with E-state index in [-0.39, 0.29) is 0 Å². The fraction of sp³-hybridized carbons (Fsp3) is 0.818. The van der Waals surface area contributed by atoms with Gasteiger partial charge >= 0.3 is 0 Å². The van der Waals surface area contributed by atoms with Crippen molar-refractivity contribution in [2.75, 3.05) is 0 Å². The fourth-order valence-corrected chi connectivity index (χ4v) is 2.41. The van der Waals surface area contributed by atoms with Gasteiger partial charge < -0.3 is 5.32 Å². The Morgan fingerprint density at radius 1 is 1.53 bits per heavy atom. The number of hydrogen-bond acceptors (Lipinski definition) is 3. The minimum Gasteiger partial charge on any atom is -0.307 e. The third kappa shape index (κ3) is 2.56. The zero-order valence-corrected chi connectivity index (χ0v) is 9.58. The number of H-pyrrole nitrogens is 1. The first-order chi connectivity index (χ1) is 7.18. The highest BCUT2D eigenvalue weighted by molar-refractivity contribution is 4.90. The van der Waals surface area contributed by atoms with Crippen LogP contribution in [0.4, 0.5) is 0 Å². The van der Waals surface area contributed by atoms with Crippen LogP contribution in [0.25, 0.3) is 0 Å². The van der Waals surface area contributed by atoms with E-state index in [4.69, 9.17) is 0 Å². The molecule has 4 nitrogen and oxygen atoms in total. The molecule has 4 heteroatoms. The van der Waals surface area contributed by atoms with Gasteiger partial charge in [0, 0.05) is 6.04 Å². The summed E-state index contributed by atoms with van der Waals surface area (Å²) in [6.45, 7) is 5.50. The first-order valence-corrected chi connectivity index (χ1v) is 5.76. The third-order valence-corrected chi connectivity index (χ3v) is 3.49. The van der Waals surface area contributed by atoms with Crippen LogP contribution < -0.4 is 5.32 Å². The molecule has 0 amide bonds. The van der Waals surface area contributed by atoms with Crippen molar-refractivity contribution in [1.29, 1.82) is 0 Å². The number of aromatic nitrogens is 3. The van der Waals surface area contributed by atoms with Gasteiger partial charge in [-0.05, 0) is 18.3 Å². The molecule has 1 atom stereocenters. The summed E-state index contributed by atoms with van der Waals surface area (Å²) in [6.07, 6.45) is 6.87. The van der Waals surface area contributed by atoms with Crippen molar-refractivity contribution in [2.45, 2.75) is 52.1 Å². The lowest BCUT2D eigenvalue weighted by Gasteiger charge is -2.39. The average Bonchev–Trinajstić information content (AvgIpc) is 2.68. The lowest BCUT2D eigenvalue weighted by molar-refractivity contribution is 0.166. The van der Waals surface area contributed by atoms with Crippen LogP contribution in [0.2, 0.25) is 0 Å². The largest absolute Gasteiger partial charge is 0.307 e. The maximum absolute atomic E-state index is 4.12. The maximum Gasteiger partial charge on any atom is 0.138 e. The Morgan fingerprint density at radius 3 is 3.07 bits per heavy atom. The second kappa shape index (κ2) is 4.31. The summed E-state index contributed by atoms with van der Waals surface area (Å²) in [5.41, 5.74) is 0.415. The summed E-state index contributed by atoms with van der Waals surface area (Å²) in [5, 5.41) is 10.3. The zero-order chi connectivity index (χ0) is 10.7. The molecule has 1 aromatic heterocycles. The molecule has 2 N–H and O–H groups in total. The van der Waals surface area contributed by atoms with Crippen LogP contribution in [0.15, 0.2) is 6.33 Å². The fourth-order valence-electron chi connectivity index (χ4n) is 2.41. The quantitative estimate of drug-likeness (QED) is 0.797. The Morgan fingerprint density at radius 2 is 2.40 bits per heavy atom. The van der Waals surface area contributed by atoms with E-state index in [0.29, 0.717) is 11.5 Å². The van der Waals surface area contributed by atoms with Crippen molar-refractivity contribution in [1.82, 2.24) is 20.5 Å². The Kier molecular flexibility index (Phi) is 3.05. The van der Waals surface area contributed by atoms with E-state index in [1.54, 1.807) is 6.33 Å². The van der Waals surface area contributed by atoms with Crippen LogP contribution in [0.5, 0.6) is 0 Å². The highest BCUT2D eigenvalue weighted by atomic mass is 15.2. The molecule has 0 aromatic carbocycles. The first-order valence-electron chi connectivity index (χ1n) is 5.76. The molecule has 0 bridgehead atoms. The van der Waals surface area contributed by atoms with E-state index < -0.39 is 0 Å². The van der Waals surface area contributed by atoms with Gasteiger partial charge in [-0.1, -0.05) is 26.7 Å². The standard InChI is InChI=1S/C11H20N4/c1-11(2)6-4-3-5-9(11)12-7-10-13-8-14-15-10/h8-9,12H,3-7H2,1-2H3,(H,13,14,15). The molecule has 2 rings (SSSR count).